The van der Waals surface area contributed by atoms with Crippen LogP contribution in [-0.4, -0.2) is 65.4 Å². The summed E-state index contributed by atoms with van der Waals surface area (Å²) in [6, 6.07) is 20.3. The molecule has 6 rings (SSSR count). The molecular formula is C32H41N5O3S. The summed E-state index contributed by atoms with van der Waals surface area (Å²) < 4.78 is 31.3. The van der Waals surface area contributed by atoms with Crippen LogP contribution in [0.3, 0.4) is 0 Å². The molecule has 3 aliphatic rings. The molecule has 2 unspecified atom stereocenters. The fourth-order valence-corrected chi connectivity index (χ4v) is 8.50. The lowest BCUT2D eigenvalue weighted by molar-refractivity contribution is -0.129. The van der Waals surface area contributed by atoms with Gasteiger partial charge in [0.05, 0.1) is 22.8 Å². The Balaban J connectivity index is 1.14. The minimum atomic E-state index is -3.57. The number of hydrogen-bond acceptors (Lipinski definition) is 5. The molecule has 0 aliphatic carbocycles. The zero-order valence-corrected chi connectivity index (χ0v) is 24.9. The van der Waals surface area contributed by atoms with Crippen LogP contribution in [0.15, 0.2) is 65.6 Å². The molecule has 2 aromatic carbocycles. The molecule has 2 bridgehead atoms. The Labute approximate surface area is 243 Å². The van der Waals surface area contributed by atoms with Gasteiger partial charge in [0.1, 0.15) is 5.82 Å². The van der Waals surface area contributed by atoms with Gasteiger partial charge in [-0.3, -0.25) is 9.69 Å². The van der Waals surface area contributed by atoms with Gasteiger partial charge in [-0.1, -0.05) is 48.5 Å². The van der Waals surface area contributed by atoms with Crippen LogP contribution >= 0.6 is 0 Å². The molecule has 1 aromatic heterocycles. The molecule has 8 nitrogen and oxygen atoms in total. The fourth-order valence-electron chi connectivity index (χ4n) is 7.40. The third-order valence-corrected chi connectivity index (χ3v) is 10.9. The van der Waals surface area contributed by atoms with Crippen LogP contribution in [0.5, 0.6) is 0 Å². The van der Waals surface area contributed by atoms with Crippen molar-refractivity contribution < 1.29 is 13.2 Å². The minimum absolute atomic E-state index is 0.0901. The second-order valence-corrected chi connectivity index (χ2v) is 13.7. The predicted octanol–water partition coefficient (Wildman–Crippen LogP) is 4.42. The molecular weight excluding hydrogens is 534 g/mol. The van der Waals surface area contributed by atoms with Gasteiger partial charge in [-0.2, -0.15) is 0 Å². The number of nitrogens with zero attached hydrogens (tertiary/aromatic N) is 4. The van der Waals surface area contributed by atoms with Crippen LogP contribution in [-0.2, 0) is 27.8 Å². The molecule has 4 heterocycles. The summed E-state index contributed by atoms with van der Waals surface area (Å²) in [6.45, 7) is 6.53. The van der Waals surface area contributed by atoms with Crippen molar-refractivity contribution in [2.45, 2.75) is 87.9 Å². The molecule has 218 valence electrons. The van der Waals surface area contributed by atoms with E-state index in [0.717, 1.165) is 44.6 Å². The van der Waals surface area contributed by atoms with Crippen molar-refractivity contribution in [3.8, 4) is 0 Å². The molecule has 0 radical (unpaired) electrons. The molecule has 1 amide bonds. The van der Waals surface area contributed by atoms with Gasteiger partial charge in [-0.25, -0.2) is 18.1 Å². The van der Waals surface area contributed by atoms with Crippen molar-refractivity contribution in [1.82, 2.24) is 24.1 Å². The maximum Gasteiger partial charge on any atom is 0.240 e. The lowest BCUT2D eigenvalue weighted by atomic mass is 9.92. The van der Waals surface area contributed by atoms with Gasteiger partial charge in [0.2, 0.25) is 15.9 Å². The number of carbonyl (C=O) groups excluding carboxylic acids is 1. The second kappa shape index (κ2) is 11.7. The van der Waals surface area contributed by atoms with E-state index in [9.17, 15) is 13.2 Å². The number of aromatic nitrogens is 2. The Morgan fingerprint density at radius 1 is 1.00 bits per heavy atom. The van der Waals surface area contributed by atoms with Crippen molar-refractivity contribution in [1.29, 1.82) is 0 Å². The molecule has 2 saturated heterocycles. The number of sulfonamides is 1. The van der Waals surface area contributed by atoms with Crippen LogP contribution in [0.2, 0.25) is 0 Å². The number of rotatable bonds is 9. The Bertz CT molecular complexity index is 1460. The molecule has 0 saturated carbocycles. The van der Waals surface area contributed by atoms with Crippen molar-refractivity contribution in [2.75, 3.05) is 19.6 Å². The summed E-state index contributed by atoms with van der Waals surface area (Å²) in [7, 11) is -3.57. The normalized spacial score (nSPS) is 23.4. The summed E-state index contributed by atoms with van der Waals surface area (Å²) in [4.78, 5) is 22.0. The van der Waals surface area contributed by atoms with Gasteiger partial charge >= 0.3 is 0 Å². The van der Waals surface area contributed by atoms with Crippen LogP contribution < -0.4 is 4.72 Å². The monoisotopic (exact) mass is 575 g/mol. The number of fused-ring (bicyclic) bond motifs is 3. The van der Waals surface area contributed by atoms with Crippen molar-refractivity contribution in [3.63, 3.8) is 0 Å². The number of carbonyl (C=O) groups is 1. The first-order valence-corrected chi connectivity index (χ1v) is 16.5. The SMILES string of the molecule is CC(=O)N1CCc2nc(C)n(C3C[C@H]4CC[C@@H](C3)N4CCC(CNS(=O)(=O)c3ccccc3)c3ccccc3)c2C1. The molecule has 4 atom stereocenters. The highest BCUT2D eigenvalue weighted by molar-refractivity contribution is 7.89. The third-order valence-electron chi connectivity index (χ3n) is 9.48. The number of amides is 1. The maximum atomic E-state index is 13.0. The van der Waals surface area contributed by atoms with Gasteiger partial charge in [0.25, 0.3) is 0 Å². The van der Waals surface area contributed by atoms with E-state index < -0.39 is 10.0 Å². The lowest BCUT2D eigenvalue weighted by Crippen LogP contribution is -2.45. The Morgan fingerprint density at radius 3 is 2.32 bits per heavy atom. The van der Waals surface area contributed by atoms with Crippen molar-refractivity contribution in [3.05, 3.63) is 83.4 Å². The molecule has 2 fully saturated rings. The molecule has 3 aliphatic heterocycles. The van der Waals surface area contributed by atoms with Gasteiger partial charge in [0, 0.05) is 44.6 Å². The van der Waals surface area contributed by atoms with Crippen LogP contribution in [0.4, 0.5) is 0 Å². The topological polar surface area (TPSA) is 87.5 Å². The molecule has 9 heteroatoms. The highest BCUT2D eigenvalue weighted by Gasteiger charge is 2.42. The van der Waals surface area contributed by atoms with Crippen LogP contribution in [0.25, 0.3) is 0 Å². The third kappa shape index (κ3) is 5.85. The highest BCUT2D eigenvalue weighted by atomic mass is 32.2. The number of aryl methyl sites for hydroxylation is 1. The van der Waals surface area contributed by atoms with E-state index in [1.54, 1.807) is 31.2 Å². The first kappa shape index (κ1) is 28.1. The Kier molecular flexibility index (Phi) is 8.03. The first-order valence-electron chi connectivity index (χ1n) is 15.0. The minimum Gasteiger partial charge on any atom is -0.337 e. The highest BCUT2D eigenvalue weighted by Crippen LogP contribution is 2.43. The summed E-state index contributed by atoms with van der Waals surface area (Å²) in [5.74, 6) is 1.30. The molecule has 1 N–H and O–H groups in total. The predicted molar refractivity (Wildman–Crippen MR) is 159 cm³/mol. The fraction of sp³-hybridized carbons (Fsp3) is 0.500. The van der Waals surface area contributed by atoms with Crippen LogP contribution in [0, 0.1) is 6.92 Å². The first-order chi connectivity index (χ1) is 19.8. The Morgan fingerprint density at radius 2 is 1.66 bits per heavy atom. The Hall–Kier alpha value is -3.01. The second-order valence-electron chi connectivity index (χ2n) is 11.9. The van der Waals surface area contributed by atoms with E-state index in [4.69, 9.17) is 4.98 Å². The maximum absolute atomic E-state index is 13.0. The van der Waals surface area contributed by atoms with Gasteiger partial charge in [-0.05, 0) is 69.2 Å². The van der Waals surface area contributed by atoms with Crippen molar-refractivity contribution >= 4 is 15.9 Å². The average molecular weight is 576 g/mol. The van der Waals surface area contributed by atoms with E-state index in [0.29, 0.717) is 36.1 Å². The van der Waals surface area contributed by atoms with E-state index in [1.807, 2.05) is 29.2 Å². The standard InChI is InChI=1S/C32H41N5O3S/c1-23-34-31-16-17-35(24(2)38)22-32(31)37(23)29-19-27-13-14-28(20-29)36(27)18-15-26(25-9-5-3-6-10-25)21-33-41(39,40)30-11-7-4-8-12-30/h3-12,26-29,33H,13-22H2,1-2H3/t26?,27-,28+,29?. The largest absolute Gasteiger partial charge is 0.337 e. The van der Waals surface area contributed by atoms with E-state index >= 15 is 0 Å². The lowest BCUT2D eigenvalue weighted by Gasteiger charge is -2.41. The number of imidazole rings is 1. The van der Waals surface area contributed by atoms with Crippen molar-refractivity contribution in [2.24, 2.45) is 0 Å². The molecule has 0 spiro atoms. The quantitative estimate of drug-likeness (QED) is 0.408. The van der Waals surface area contributed by atoms with Gasteiger partial charge < -0.3 is 9.47 Å². The van der Waals surface area contributed by atoms with Crippen LogP contribution in [0.1, 0.15) is 73.8 Å². The summed E-state index contributed by atoms with van der Waals surface area (Å²) in [5.41, 5.74) is 3.57. The summed E-state index contributed by atoms with van der Waals surface area (Å²) in [5, 5.41) is 0. The zero-order chi connectivity index (χ0) is 28.6. The van der Waals surface area contributed by atoms with E-state index in [2.05, 4.69) is 33.2 Å². The number of benzene rings is 2. The zero-order valence-electron chi connectivity index (χ0n) is 24.1. The van der Waals surface area contributed by atoms with E-state index in [-0.39, 0.29) is 11.8 Å². The summed E-state index contributed by atoms with van der Waals surface area (Å²) in [6.07, 6.45) is 6.32. The molecule has 3 aromatic rings. The summed E-state index contributed by atoms with van der Waals surface area (Å²) >= 11 is 0. The number of piperidine rings is 1. The van der Waals surface area contributed by atoms with E-state index in [1.165, 1.54) is 29.8 Å². The number of nitrogens with one attached hydrogen (secondary N) is 1. The molecule has 41 heavy (non-hydrogen) atoms. The van der Waals surface area contributed by atoms with Gasteiger partial charge in [0.15, 0.2) is 0 Å². The smallest absolute Gasteiger partial charge is 0.240 e. The average Bonchev–Trinajstić information content (AvgIpc) is 3.43. The number of hydrogen-bond donors (Lipinski definition) is 1. The van der Waals surface area contributed by atoms with Gasteiger partial charge in [-0.15, -0.1) is 0 Å².